The number of halogens is 1. The Labute approximate surface area is 129 Å². The number of fused-ring (bicyclic) bond motifs is 1. The van der Waals surface area contributed by atoms with Gasteiger partial charge in [0.15, 0.2) is 5.96 Å². The van der Waals surface area contributed by atoms with Gasteiger partial charge >= 0.3 is 0 Å². The van der Waals surface area contributed by atoms with E-state index in [9.17, 15) is 9.18 Å². The van der Waals surface area contributed by atoms with Crippen LogP contribution in [0.3, 0.4) is 0 Å². The minimum absolute atomic E-state index is 0.281. The molecule has 0 saturated carbocycles. The second-order valence-electron chi connectivity index (χ2n) is 4.65. The lowest BCUT2D eigenvalue weighted by atomic mass is 10.0. The van der Waals surface area contributed by atoms with Crippen molar-refractivity contribution in [3.63, 3.8) is 0 Å². The van der Waals surface area contributed by atoms with Crippen LogP contribution < -0.4 is 11.5 Å². The molecule has 6 heteroatoms. The van der Waals surface area contributed by atoms with Crippen LogP contribution >= 0.6 is 11.3 Å². The molecule has 0 saturated heterocycles. The Bertz CT molecular complexity index is 897. The summed E-state index contributed by atoms with van der Waals surface area (Å²) in [6.07, 6.45) is 0. The summed E-state index contributed by atoms with van der Waals surface area (Å²) in [5, 5.41) is 0.798. The summed E-state index contributed by atoms with van der Waals surface area (Å²) in [4.78, 5) is 15.9. The molecule has 4 N–H and O–H groups in total. The Balaban J connectivity index is 2.18. The molecule has 0 aliphatic carbocycles. The molecule has 1 amide bonds. The van der Waals surface area contributed by atoms with Crippen molar-refractivity contribution in [1.82, 2.24) is 0 Å². The van der Waals surface area contributed by atoms with Crippen LogP contribution in [0.5, 0.6) is 0 Å². The summed E-state index contributed by atoms with van der Waals surface area (Å²) < 4.78 is 14.9. The Kier molecular flexibility index (Phi) is 3.60. The van der Waals surface area contributed by atoms with Gasteiger partial charge in [0.25, 0.3) is 5.91 Å². The van der Waals surface area contributed by atoms with Crippen LogP contribution in [0.4, 0.5) is 4.39 Å². The molecule has 1 heterocycles. The highest BCUT2D eigenvalue weighted by Crippen LogP contribution is 2.35. The maximum Gasteiger partial charge on any atom is 0.290 e. The maximum absolute atomic E-state index is 14.0. The Morgan fingerprint density at radius 1 is 1.05 bits per heavy atom. The first kappa shape index (κ1) is 14.2. The molecule has 1 aromatic heterocycles. The number of rotatable bonds is 2. The second-order valence-corrected chi connectivity index (χ2v) is 5.73. The van der Waals surface area contributed by atoms with Crippen molar-refractivity contribution >= 4 is 33.3 Å². The zero-order valence-electron chi connectivity index (χ0n) is 11.4. The number of thiophene rings is 1. The summed E-state index contributed by atoms with van der Waals surface area (Å²) in [6.45, 7) is 0. The molecule has 0 fully saturated rings. The van der Waals surface area contributed by atoms with Crippen molar-refractivity contribution in [3.05, 3.63) is 59.2 Å². The summed E-state index contributed by atoms with van der Waals surface area (Å²) in [6, 6.07) is 13.7. The number of carbonyl (C=O) groups is 1. The van der Waals surface area contributed by atoms with Gasteiger partial charge in [0.2, 0.25) is 0 Å². The van der Waals surface area contributed by atoms with E-state index in [-0.39, 0.29) is 11.8 Å². The smallest absolute Gasteiger partial charge is 0.290 e. The monoisotopic (exact) mass is 313 g/mol. The van der Waals surface area contributed by atoms with Crippen molar-refractivity contribution in [2.75, 3.05) is 0 Å². The summed E-state index contributed by atoms with van der Waals surface area (Å²) in [7, 11) is 0. The third kappa shape index (κ3) is 2.56. The predicted molar refractivity (Wildman–Crippen MR) is 87.4 cm³/mol. The van der Waals surface area contributed by atoms with Crippen molar-refractivity contribution in [2.24, 2.45) is 16.5 Å². The van der Waals surface area contributed by atoms with Crippen LogP contribution in [0, 0.1) is 5.82 Å². The summed E-state index contributed by atoms with van der Waals surface area (Å²) in [5.74, 6) is -1.09. The molecule has 2 aromatic carbocycles. The van der Waals surface area contributed by atoms with Crippen LogP contribution in [-0.2, 0) is 0 Å². The topological polar surface area (TPSA) is 81.5 Å². The molecule has 4 nitrogen and oxygen atoms in total. The van der Waals surface area contributed by atoms with Crippen LogP contribution in [0.2, 0.25) is 0 Å². The molecule has 0 bridgehead atoms. The summed E-state index contributed by atoms with van der Waals surface area (Å²) in [5.41, 5.74) is 11.7. The number of nitrogens with zero attached hydrogens (tertiary/aromatic N) is 1. The normalized spacial score (nSPS) is 10.6. The number of benzene rings is 2. The number of hydrogen-bond donors (Lipinski definition) is 2. The number of guanidine groups is 1. The minimum Gasteiger partial charge on any atom is -0.370 e. The van der Waals surface area contributed by atoms with Gasteiger partial charge in [-0.25, -0.2) is 4.39 Å². The lowest BCUT2D eigenvalue weighted by Gasteiger charge is -2.04. The zero-order chi connectivity index (χ0) is 15.7. The van der Waals surface area contributed by atoms with E-state index < -0.39 is 5.91 Å². The molecule has 0 aliphatic rings. The lowest BCUT2D eigenvalue weighted by molar-refractivity contribution is 0.101. The molecule has 110 valence electrons. The second kappa shape index (κ2) is 5.57. The highest BCUT2D eigenvalue weighted by molar-refractivity contribution is 7.20. The van der Waals surface area contributed by atoms with Crippen LogP contribution in [0.25, 0.3) is 21.2 Å². The molecule has 3 rings (SSSR count). The van der Waals surface area contributed by atoms with Gasteiger partial charge in [0.05, 0.1) is 4.88 Å². The van der Waals surface area contributed by atoms with Crippen molar-refractivity contribution in [3.8, 4) is 11.1 Å². The van der Waals surface area contributed by atoms with Gasteiger partial charge in [0, 0.05) is 15.6 Å². The SMILES string of the molecule is NC(N)=NC(=O)c1cc2c(-c3ccccc3F)cccc2s1. The van der Waals surface area contributed by atoms with Gasteiger partial charge < -0.3 is 11.5 Å². The van der Waals surface area contributed by atoms with Gasteiger partial charge in [-0.2, -0.15) is 4.99 Å². The largest absolute Gasteiger partial charge is 0.370 e. The fraction of sp³-hybridized carbons (Fsp3) is 0. The van der Waals surface area contributed by atoms with Crippen molar-refractivity contribution < 1.29 is 9.18 Å². The highest BCUT2D eigenvalue weighted by Gasteiger charge is 2.14. The Morgan fingerprint density at radius 3 is 2.50 bits per heavy atom. The van der Waals surface area contributed by atoms with E-state index in [2.05, 4.69) is 4.99 Å². The van der Waals surface area contributed by atoms with E-state index in [1.807, 2.05) is 18.2 Å². The third-order valence-corrected chi connectivity index (χ3v) is 4.26. The van der Waals surface area contributed by atoms with Gasteiger partial charge in [0.1, 0.15) is 5.82 Å². The zero-order valence-corrected chi connectivity index (χ0v) is 12.2. The van der Waals surface area contributed by atoms with Crippen molar-refractivity contribution in [2.45, 2.75) is 0 Å². The fourth-order valence-electron chi connectivity index (χ4n) is 2.25. The van der Waals surface area contributed by atoms with E-state index in [4.69, 9.17) is 11.5 Å². The quantitative estimate of drug-likeness (QED) is 0.563. The summed E-state index contributed by atoms with van der Waals surface area (Å²) >= 11 is 1.27. The van der Waals surface area contributed by atoms with E-state index >= 15 is 0 Å². The van der Waals surface area contributed by atoms with E-state index in [0.717, 1.165) is 15.6 Å². The van der Waals surface area contributed by atoms with Gasteiger partial charge in [-0.15, -0.1) is 11.3 Å². The maximum atomic E-state index is 14.0. The first-order chi connectivity index (χ1) is 10.6. The molecule has 3 aromatic rings. The van der Waals surface area contributed by atoms with Crippen molar-refractivity contribution in [1.29, 1.82) is 0 Å². The molecule has 0 atom stereocenters. The van der Waals surface area contributed by atoms with Crippen LogP contribution in [0.1, 0.15) is 9.67 Å². The minimum atomic E-state index is -0.499. The molecular formula is C16H12FN3OS. The van der Waals surface area contributed by atoms with Crippen LogP contribution in [0.15, 0.2) is 53.5 Å². The number of nitrogens with two attached hydrogens (primary N) is 2. The molecular weight excluding hydrogens is 301 g/mol. The van der Waals surface area contributed by atoms with Crippen LogP contribution in [-0.4, -0.2) is 11.9 Å². The fourth-order valence-corrected chi connectivity index (χ4v) is 3.23. The third-order valence-electron chi connectivity index (χ3n) is 3.17. The van der Waals surface area contributed by atoms with Gasteiger partial charge in [-0.05, 0) is 23.8 Å². The van der Waals surface area contributed by atoms with E-state index in [1.54, 1.807) is 24.3 Å². The standard InChI is InChI=1S/C16H12FN3OS/c17-12-6-2-1-4-10(12)9-5-3-7-13-11(9)8-14(22-13)15(21)20-16(18)19/h1-8H,(H4,18,19,20,21). The number of amides is 1. The molecule has 22 heavy (non-hydrogen) atoms. The average Bonchev–Trinajstić information content (AvgIpc) is 2.91. The first-order valence-corrected chi connectivity index (χ1v) is 7.29. The number of aliphatic imine (C=N–C) groups is 1. The Hall–Kier alpha value is -2.73. The first-order valence-electron chi connectivity index (χ1n) is 6.47. The highest BCUT2D eigenvalue weighted by atomic mass is 32.1. The van der Waals surface area contributed by atoms with Gasteiger partial charge in [-0.1, -0.05) is 30.3 Å². The number of carbonyl (C=O) groups excluding carboxylic acids is 1. The molecule has 0 spiro atoms. The lowest BCUT2D eigenvalue weighted by Crippen LogP contribution is -2.24. The molecule has 0 unspecified atom stereocenters. The predicted octanol–water partition coefficient (Wildman–Crippen LogP) is 3.12. The Morgan fingerprint density at radius 2 is 1.77 bits per heavy atom. The van der Waals surface area contributed by atoms with E-state index in [0.29, 0.717) is 10.4 Å². The average molecular weight is 313 g/mol. The van der Waals surface area contributed by atoms with E-state index in [1.165, 1.54) is 17.4 Å². The molecule has 0 radical (unpaired) electrons. The molecule has 0 aliphatic heterocycles. The number of hydrogen-bond acceptors (Lipinski definition) is 2. The van der Waals surface area contributed by atoms with Gasteiger partial charge in [-0.3, -0.25) is 4.79 Å².